The Morgan fingerprint density at radius 1 is 1.12 bits per heavy atom. The molecule has 0 unspecified atom stereocenters. The van der Waals surface area contributed by atoms with Crippen molar-refractivity contribution in [2.24, 2.45) is 0 Å². The highest BCUT2D eigenvalue weighted by Crippen LogP contribution is 2.36. The predicted molar refractivity (Wildman–Crippen MR) is 101 cm³/mol. The van der Waals surface area contributed by atoms with Gasteiger partial charge in [0, 0.05) is 28.3 Å². The molecule has 4 aromatic rings. The third-order valence-electron chi connectivity index (χ3n) is 4.20. The van der Waals surface area contributed by atoms with Crippen LogP contribution in [0.4, 0.5) is 5.82 Å². The topological polar surface area (TPSA) is 59.3 Å². The van der Waals surface area contributed by atoms with Crippen molar-refractivity contribution in [2.75, 3.05) is 5.32 Å². The summed E-state index contributed by atoms with van der Waals surface area (Å²) in [5.74, 6) is 1.11. The monoisotopic (exact) mass is 348 g/mol. The lowest BCUT2D eigenvalue weighted by atomic mass is 9.98. The molecule has 0 aliphatic heterocycles. The molecule has 5 heteroatoms. The van der Waals surface area contributed by atoms with Gasteiger partial charge in [-0.15, -0.1) is 0 Å². The average Bonchev–Trinajstić information content (AvgIpc) is 3.16. The van der Waals surface area contributed by atoms with Crippen LogP contribution in [0.2, 0.25) is 0 Å². The van der Waals surface area contributed by atoms with Crippen LogP contribution in [0.25, 0.3) is 10.9 Å². The molecule has 3 heterocycles. The van der Waals surface area contributed by atoms with Crippen molar-refractivity contribution in [1.82, 2.24) is 4.98 Å². The molecule has 0 spiro atoms. The normalized spacial score (nSPS) is 12.2. The number of fused-ring (bicyclic) bond motifs is 1. The molecule has 1 atom stereocenters. The first-order chi connectivity index (χ1) is 12.2. The molecule has 4 nitrogen and oxygen atoms in total. The molecule has 0 saturated carbocycles. The molecule has 0 aliphatic rings. The number of anilines is 1. The van der Waals surface area contributed by atoms with Gasteiger partial charge in [0.25, 0.3) is 5.82 Å². The number of thiophene rings is 1. The second-order valence-electron chi connectivity index (χ2n) is 5.94. The summed E-state index contributed by atoms with van der Waals surface area (Å²) in [4.78, 5) is 7.71. The van der Waals surface area contributed by atoms with E-state index in [2.05, 4.69) is 26.7 Å². The van der Waals surface area contributed by atoms with Crippen molar-refractivity contribution in [3.05, 3.63) is 82.3 Å². The minimum Gasteiger partial charge on any atom is -0.505 e. The molecule has 0 saturated heterocycles. The maximum absolute atomic E-state index is 10.9. The first kappa shape index (κ1) is 15.6. The van der Waals surface area contributed by atoms with Gasteiger partial charge in [-0.3, -0.25) is 5.32 Å². The van der Waals surface area contributed by atoms with Crippen LogP contribution in [0.5, 0.6) is 5.75 Å². The van der Waals surface area contributed by atoms with E-state index in [0.29, 0.717) is 5.52 Å². The molecule has 0 amide bonds. The fourth-order valence-corrected chi connectivity index (χ4v) is 3.62. The number of H-pyrrole nitrogens is 1. The van der Waals surface area contributed by atoms with Gasteiger partial charge in [0.15, 0.2) is 0 Å². The number of benzene rings is 1. The van der Waals surface area contributed by atoms with E-state index < -0.39 is 0 Å². The third-order valence-corrected chi connectivity index (χ3v) is 4.90. The molecule has 124 valence electrons. The van der Waals surface area contributed by atoms with Gasteiger partial charge >= 0.3 is 0 Å². The number of aryl methyl sites for hydroxylation is 1. The van der Waals surface area contributed by atoms with Gasteiger partial charge in [-0.1, -0.05) is 18.2 Å². The van der Waals surface area contributed by atoms with Gasteiger partial charge in [0.1, 0.15) is 17.3 Å². The van der Waals surface area contributed by atoms with Crippen molar-refractivity contribution in [2.45, 2.75) is 13.0 Å². The number of hydrogen-bond acceptors (Lipinski definition) is 4. The van der Waals surface area contributed by atoms with Gasteiger partial charge in [0.2, 0.25) is 0 Å². The Hall–Kier alpha value is -2.92. The van der Waals surface area contributed by atoms with E-state index in [1.165, 1.54) is 0 Å². The minimum atomic E-state index is -0.170. The molecule has 25 heavy (non-hydrogen) atoms. The highest BCUT2D eigenvalue weighted by atomic mass is 32.1. The van der Waals surface area contributed by atoms with Crippen LogP contribution in [0.15, 0.2) is 65.5 Å². The quantitative estimate of drug-likeness (QED) is 0.577. The maximum atomic E-state index is 10.9. The Morgan fingerprint density at radius 3 is 2.76 bits per heavy atom. The molecular formula is C20H18N3OS+. The van der Waals surface area contributed by atoms with Crippen molar-refractivity contribution in [3.8, 4) is 5.75 Å². The second-order valence-corrected chi connectivity index (χ2v) is 6.72. The number of pyridine rings is 2. The SMILES string of the molecule is Cc1ccc2ccc([C@@H](Nc3cccc[nH+]3)c3ccsc3)c(O)c2n1. The summed E-state index contributed by atoms with van der Waals surface area (Å²) in [5, 5.41) is 19.5. The first-order valence-corrected chi connectivity index (χ1v) is 9.01. The lowest BCUT2D eigenvalue weighted by Crippen LogP contribution is -2.18. The number of rotatable bonds is 4. The number of aromatic nitrogens is 2. The summed E-state index contributed by atoms with van der Waals surface area (Å²) in [6, 6.07) is 15.7. The lowest BCUT2D eigenvalue weighted by Gasteiger charge is -2.16. The maximum Gasteiger partial charge on any atom is 0.272 e. The fourth-order valence-electron chi connectivity index (χ4n) is 2.94. The van der Waals surface area contributed by atoms with Crippen LogP contribution in [0, 0.1) is 6.92 Å². The number of phenolic OH excluding ortho intramolecular Hbond substituents is 1. The van der Waals surface area contributed by atoms with E-state index in [4.69, 9.17) is 0 Å². The van der Waals surface area contributed by atoms with Gasteiger partial charge in [-0.2, -0.15) is 11.3 Å². The van der Waals surface area contributed by atoms with Gasteiger partial charge in [0.05, 0.1) is 6.20 Å². The molecule has 3 N–H and O–H groups in total. The number of nitrogens with one attached hydrogen (secondary N) is 2. The smallest absolute Gasteiger partial charge is 0.272 e. The summed E-state index contributed by atoms with van der Waals surface area (Å²) in [7, 11) is 0. The van der Waals surface area contributed by atoms with Crippen LogP contribution in [0.1, 0.15) is 22.9 Å². The largest absolute Gasteiger partial charge is 0.505 e. The van der Waals surface area contributed by atoms with Gasteiger partial charge in [-0.25, -0.2) is 9.97 Å². The van der Waals surface area contributed by atoms with Crippen molar-refractivity contribution >= 4 is 28.1 Å². The molecule has 0 aliphatic carbocycles. The molecule has 3 aromatic heterocycles. The molecular weight excluding hydrogens is 330 g/mol. The summed E-state index contributed by atoms with van der Waals surface area (Å²) in [5.41, 5.74) is 3.43. The average molecular weight is 348 g/mol. The summed E-state index contributed by atoms with van der Waals surface area (Å²) < 4.78 is 0. The van der Waals surface area contributed by atoms with E-state index in [0.717, 1.165) is 28.0 Å². The second kappa shape index (κ2) is 6.53. The number of aromatic amines is 1. The minimum absolute atomic E-state index is 0.170. The zero-order valence-electron chi connectivity index (χ0n) is 13.7. The standard InChI is InChI=1S/C20H17N3OS/c1-13-5-6-14-7-8-16(20(24)19(14)22-13)18(15-9-11-25-12-15)23-17-4-2-3-10-21-17/h2-12,18,24H,1H3,(H,21,23)/p+1/t18-/m0/s1. The lowest BCUT2D eigenvalue weighted by molar-refractivity contribution is -0.361. The zero-order chi connectivity index (χ0) is 17.2. The molecule has 0 bridgehead atoms. The van der Waals surface area contributed by atoms with Crippen LogP contribution in [0.3, 0.4) is 0 Å². The summed E-state index contributed by atoms with van der Waals surface area (Å²) in [6.07, 6.45) is 1.87. The number of phenols is 1. The Morgan fingerprint density at radius 2 is 2.00 bits per heavy atom. The fraction of sp³-hybridized carbons (Fsp3) is 0.100. The van der Waals surface area contributed by atoms with Crippen molar-refractivity contribution in [3.63, 3.8) is 0 Å². The van der Waals surface area contributed by atoms with Crippen LogP contribution in [-0.2, 0) is 0 Å². The van der Waals surface area contributed by atoms with E-state index in [1.54, 1.807) is 11.3 Å². The third kappa shape index (κ3) is 3.06. The Labute approximate surface area is 149 Å². The van der Waals surface area contributed by atoms with E-state index in [1.807, 2.05) is 61.0 Å². The number of nitrogens with zero attached hydrogens (tertiary/aromatic N) is 1. The van der Waals surface area contributed by atoms with E-state index in [9.17, 15) is 5.11 Å². The summed E-state index contributed by atoms with van der Waals surface area (Å²) >= 11 is 1.64. The molecule has 0 radical (unpaired) electrons. The molecule has 1 aromatic carbocycles. The Bertz CT molecular complexity index is 1000. The first-order valence-electron chi connectivity index (χ1n) is 8.07. The van der Waals surface area contributed by atoms with Gasteiger partial charge < -0.3 is 5.11 Å². The van der Waals surface area contributed by atoms with Crippen LogP contribution < -0.4 is 10.3 Å². The summed E-state index contributed by atoms with van der Waals surface area (Å²) in [6.45, 7) is 1.93. The number of hydrogen-bond donors (Lipinski definition) is 2. The zero-order valence-corrected chi connectivity index (χ0v) is 14.5. The van der Waals surface area contributed by atoms with Crippen molar-refractivity contribution < 1.29 is 10.1 Å². The van der Waals surface area contributed by atoms with Crippen LogP contribution in [-0.4, -0.2) is 10.1 Å². The van der Waals surface area contributed by atoms with Gasteiger partial charge in [-0.05, 0) is 41.9 Å². The van der Waals surface area contributed by atoms with Crippen molar-refractivity contribution in [1.29, 1.82) is 0 Å². The Balaban J connectivity index is 1.84. The van der Waals surface area contributed by atoms with Crippen LogP contribution >= 0.6 is 11.3 Å². The highest BCUT2D eigenvalue weighted by Gasteiger charge is 2.24. The Kier molecular flexibility index (Phi) is 4.07. The molecule has 0 fully saturated rings. The van der Waals surface area contributed by atoms with E-state index >= 15 is 0 Å². The highest BCUT2D eigenvalue weighted by molar-refractivity contribution is 7.08. The van der Waals surface area contributed by atoms with E-state index in [-0.39, 0.29) is 11.8 Å². The number of aromatic hydroxyl groups is 1. The predicted octanol–water partition coefficient (Wildman–Crippen LogP) is 4.33. The molecule has 4 rings (SSSR count).